The number of ether oxygens (including phenoxy) is 3. The second-order valence-electron chi connectivity index (χ2n) is 7.01. The molecule has 33 heavy (non-hydrogen) atoms. The summed E-state index contributed by atoms with van der Waals surface area (Å²) in [7, 11) is 0. The van der Waals surface area contributed by atoms with Gasteiger partial charge in [-0.15, -0.1) is 0 Å². The van der Waals surface area contributed by atoms with Crippen molar-refractivity contribution in [2.45, 2.75) is 26.6 Å². The lowest BCUT2D eigenvalue weighted by atomic mass is 10.2. The third-order valence-corrected chi connectivity index (χ3v) is 4.93. The number of hydrazone groups is 1. The van der Waals surface area contributed by atoms with Gasteiger partial charge in [-0.3, -0.25) is 4.79 Å². The first kappa shape index (κ1) is 24.4. The van der Waals surface area contributed by atoms with Gasteiger partial charge >= 0.3 is 0 Å². The zero-order valence-electron chi connectivity index (χ0n) is 18.3. The SMILES string of the molecule is CCOc1cc(/C=N/NC(=O)C(C)Oc2cccc(Cl)c2)ccc1OCc1ccc(Cl)cc1. The Hall–Kier alpha value is -3.22. The quantitative estimate of drug-likeness (QED) is 0.286. The maximum absolute atomic E-state index is 12.3. The Balaban J connectivity index is 1.58. The standard InChI is InChI=1S/C25H24Cl2N2O4/c1-3-31-24-13-19(9-12-23(24)32-16-18-7-10-20(26)11-8-18)15-28-29-25(30)17(2)33-22-6-4-5-21(27)14-22/h4-15,17H,3,16H2,1-2H3,(H,29,30)/b28-15+. The molecular formula is C25H24Cl2N2O4. The Labute approximate surface area is 203 Å². The maximum Gasteiger partial charge on any atom is 0.280 e. The average Bonchev–Trinajstić information content (AvgIpc) is 2.80. The van der Waals surface area contributed by atoms with Crippen LogP contribution in [0.4, 0.5) is 0 Å². The number of carbonyl (C=O) groups excluding carboxylic acids is 1. The molecule has 172 valence electrons. The van der Waals surface area contributed by atoms with Crippen molar-refractivity contribution in [3.05, 3.63) is 87.9 Å². The Bertz CT molecular complexity index is 1100. The number of halogens is 2. The van der Waals surface area contributed by atoms with Crippen molar-refractivity contribution >= 4 is 35.3 Å². The maximum atomic E-state index is 12.3. The predicted octanol–water partition coefficient (Wildman–Crippen LogP) is 5.89. The third kappa shape index (κ3) is 7.70. The van der Waals surface area contributed by atoms with Gasteiger partial charge in [-0.05, 0) is 73.5 Å². The minimum atomic E-state index is -0.747. The number of rotatable bonds is 10. The Morgan fingerprint density at radius 1 is 1.00 bits per heavy atom. The van der Waals surface area contributed by atoms with Crippen molar-refractivity contribution < 1.29 is 19.0 Å². The van der Waals surface area contributed by atoms with Crippen LogP contribution in [0.2, 0.25) is 10.0 Å². The molecule has 0 aliphatic rings. The molecule has 1 unspecified atom stereocenters. The molecule has 0 aliphatic heterocycles. The molecule has 0 bridgehead atoms. The van der Waals surface area contributed by atoms with Gasteiger partial charge in [0.1, 0.15) is 12.4 Å². The highest BCUT2D eigenvalue weighted by molar-refractivity contribution is 6.30. The highest BCUT2D eigenvalue weighted by Crippen LogP contribution is 2.29. The first-order valence-electron chi connectivity index (χ1n) is 10.3. The van der Waals surface area contributed by atoms with Crippen molar-refractivity contribution in [2.75, 3.05) is 6.61 Å². The molecule has 0 heterocycles. The van der Waals surface area contributed by atoms with E-state index < -0.39 is 6.10 Å². The van der Waals surface area contributed by atoms with Crippen LogP contribution >= 0.6 is 23.2 Å². The molecule has 0 saturated heterocycles. The van der Waals surface area contributed by atoms with E-state index in [0.717, 1.165) is 11.1 Å². The normalized spacial score (nSPS) is 11.8. The number of hydrogen-bond donors (Lipinski definition) is 1. The lowest BCUT2D eigenvalue weighted by Gasteiger charge is -2.13. The fourth-order valence-corrected chi connectivity index (χ4v) is 3.10. The second-order valence-corrected chi connectivity index (χ2v) is 7.88. The summed E-state index contributed by atoms with van der Waals surface area (Å²) < 4.78 is 17.2. The van der Waals surface area contributed by atoms with Gasteiger partial charge in [-0.2, -0.15) is 5.10 Å². The van der Waals surface area contributed by atoms with E-state index in [1.165, 1.54) is 6.21 Å². The van der Waals surface area contributed by atoms with E-state index in [0.29, 0.717) is 40.5 Å². The van der Waals surface area contributed by atoms with Crippen LogP contribution in [0.25, 0.3) is 0 Å². The van der Waals surface area contributed by atoms with Gasteiger partial charge in [-0.25, -0.2) is 5.43 Å². The smallest absolute Gasteiger partial charge is 0.280 e. The van der Waals surface area contributed by atoms with Gasteiger partial charge in [0.15, 0.2) is 17.6 Å². The van der Waals surface area contributed by atoms with Crippen LogP contribution in [-0.4, -0.2) is 24.8 Å². The van der Waals surface area contributed by atoms with Crippen LogP contribution in [0.1, 0.15) is 25.0 Å². The Kier molecular flexibility index (Phi) is 8.98. The molecule has 3 aromatic rings. The number of hydrogen-bond acceptors (Lipinski definition) is 5. The second kappa shape index (κ2) is 12.1. The van der Waals surface area contributed by atoms with E-state index in [9.17, 15) is 4.79 Å². The van der Waals surface area contributed by atoms with E-state index in [4.69, 9.17) is 37.4 Å². The molecule has 0 aliphatic carbocycles. The minimum absolute atomic E-state index is 0.380. The Morgan fingerprint density at radius 3 is 2.52 bits per heavy atom. The number of benzene rings is 3. The summed E-state index contributed by atoms with van der Waals surface area (Å²) >= 11 is 11.9. The highest BCUT2D eigenvalue weighted by Gasteiger charge is 2.14. The van der Waals surface area contributed by atoms with E-state index in [1.807, 2.05) is 37.3 Å². The van der Waals surface area contributed by atoms with Gasteiger partial charge in [0.05, 0.1) is 12.8 Å². The van der Waals surface area contributed by atoms with E-state index >= 15 is 0 Å². The summed E-state index contributed by atoms with van der Waals surface area (Å²) in [6.45, 7) is 4.38. The molecule has 3 aromatic carbocycles. The number of nitrogens with one attached hydrogen (secondary N) is 1. The van der Waals surface area contributed by atoms with Crippen molar-refractivity contribution in [2.24, 2.45) is 5.10 Å². The summed E-state index contributed by atoms with van der Waals surface area (Å²) in [6.07, 6.45) is 0.776. The lowest BCUT2D eigenvalue weighted by molar-refractivity contribution is -0.127. The van der Waals surface area contributed by atoms with Gasteiger partial charge in [-0.1, -0.05) is 41.4 Å². The van der Waals surface area contributed by atoms with Crippen LogP contribution < -0.4 is 19.6 Å². The molecular weight excluding hydrogens is 463 g/mol. The van der Waals surface area contributed by atoms with Crippen molar-refractivity contribution in [1.29, 1.82) is 0 Å². The van der Waals surface area contributed by atoms with Gasteiger partial charge in [0.25, 0.3) is 5.91 Å². The highest BCUT2D eigenvalue weighted by atomic mass is 35.5. The first-order chi connectivity index (χ1) is 15.9. The molecule has 0 saturated carbocycles. The molecule has 0 radical (unpaired) electrons. The first-order valence-corrected chi connectivity index (χ1v) is 11.1. The number of amides is 1. The van der Waals surface area contributed by atoms with Crippen molar-refractivity contribution in [1.82, 2.24) is 5.43 Å². The average molecular weight is 487 g/mol. The van der Waals surface area contributed by atoms with E-state index in [1.54, 1.807) is 43.3 Å². The number of carbonyl (C=O) groups is 1. The van der Waals surface area contributed by atoms with Gasteiger partial charge in [0.2, 0.25) is 0 Å². The fourth-order valence-electron chi connectivity index (χ4n) is 2.79. The zero-order chi connectivity index (χ0) is 23.6. The monoisotopic (exact) mass is 486 g/mol. The van der Waals surface area contributed by atoms with E-state index in [-0.39, 0.29) is 5.91 Å². The number of nitrogens with zero attached hydrogens (tertiary/aromatic N) is 1. The summed E-state index contributed by atoms with van der Waals surface area (Å²) in [6, 6.07) is 19.7. The topological polar surface area (TPSA) is 69.2 Å². The van der Waals surface area contributed by atoms with Crippen LogP contribution in [0.3, 0.4) is 0 Å². The molecule has 0 fully saturated rings. The minimum Gasteiger partial charge on any atom is -0.490 e. The van der Waals surface area contributed by atoms with Crippen LogP contribution in [-0.2, 0) is 11.4 Å². The molecule has 1 N–H and O–H groups in total. The molecule has 8 heteroatoms. The third-order valence-electron chi connectivity index (χ3n) is 4.44. The summed E-state index contributed by atoms with van der Waals surface area (Å²) in [4.78, 5) is 12.3. The zero-order valence-corrected chi connectivity index (χ0v) is 19.8. The largest absolute Gasteiger partial charge is 0.490 e. The van der Waals surface area contributed by atoms with Crippen molar-refractivity contribution in [3.8, 4) is 17.2 Å². The fraction of sp³-hybridized carbons (Fsp3) is 0.200. The van der Waals surface area contributed by atoms with Crippen molar-refractivity contribution in [3.63, 3.8) is 0 Å². The molecule has 0 aromatic heterocycles. The Morgan fingerprint density at radius 2 is 1.79 bits per heavy atom. The summed E-state index contributed by atoms with van der Waals surface area (Å²) in [5.41, 5.74) is 4.20. The molecule has 1 amide bonds. The predicted molar refractivity (Wildman–Crippen MR) is 131 cm³/mol. The van der Waals surface area contributed by atoms with Crippen LogP contribution in [0, 0.1) is 0 Å². The lowest BCUT2D eigenvalue weighted by Crippen LogP contribution is -2.33. The van der Waals surface area contributed by atoms with E-state index in [2.05, 4.69) is 10.5 Å². The van der Waals surface area contributed by atoms with Gasteiger partial charge in [0, 0.05) is 10.0 Å². The van der Waals surface area contributed by atoms with Crippen LogP contribution in [0.5, 0.6) is 17.2 Å². The van der Waals surface area contributed by atoms with Crippen LogP contribution in [0.15, 0.2) is 71.8 Å². The summed E-state index contributed by atoms with van der Waals surface area (Å²) in [5.74, 6) is 1.31. The summed E-state index contributed by atoms with van der Waals surface area (Å²) in [5, 5.41) is 5.22. The molecule has 1 atom stereocenters. The molecule has 0 spiro atoms. The van der Waals surface area contributed by atoms with Gasteiger partial charge < -0.3 is 14.2 Å². The molecule has 6 nitrogen and oxygen atoms in total. The molecule has 3 rings (SSSR count).